The van der Waals surface area contributed by atoms with Crippen molar-refractivity contribution in [3.05, 3.63) is 23.8 Å². The summed E-state index contributed by atoms with van der Waals surface area (Å²) in [5.74, 6) is 1.40. The van der Waals surface area contributed by atoms with Crippen LogP contribution in [0.1, 0.15) is 6.42 Å². The second-order valence-electron chi connectivity index (χ2n) is 6.04. The van der Waals surface area contributed by atoms with Gasteiger partial charge in [-0.2, -0.15) is 0 Å². The average Bonchev–Trinajstić information content (AvgIpc) is 3.28. The lowest BCUT2D eigenvalue weighted by atomic mass is 10.2. The number of H-pyrrole nitrogens is 1. The van der Waals surface area contributed by atoms with Gasteiger partial charge in [0.25, 0.3) is 5.91 Å². The maximum Gasteiger partial charge on any atom is 0.259 e. The number of aliphatic hydroxyl groups excluding tert-OH is 1. The van der Waals surface area contributed by atoms with E-state index in [1.165, 1.54) is 18.1 Å². The molecule has 1 saturated heterocycles. The van der Waals surface area contributed by atoms with Gasteiger partial charge >= 0.3 is 0 Å². The Labute approximate surface area is 148 Å². The topological polar surface area (TPSA) is 119 Å². The van der Waals surface area contributed by atoms with Crippen LogP contribution < -0.4 is 15.5 Å². The minimum absolute atomic E-state index is 0.104. The fourth-order valence-corrected chi connectivity index (χ4v) is 3.93. The fraction of sp³-hybridized carbons (Fsp3) is 0.467. The molecule has 1 fully saturated rings. The fourth-order valence-electron chi connectivity index (χ4n) is 3.01. The largest absolute Gasteiger partial charge is 0.392 e. The van der Waals surface area contributed by atoms with Crippen molar-refractivity contribution in [3.8, 4) is 0 Å². The molecule has 0 bridgehead atoms. The van der Waals surface area contributed by atoms with Crippen LogP contribution in [0, 0.1) is 0 Å². The summed E-state index contributed by atoms with van der Waals surface area (Å²) in [6.07, 6.45) is 5.22. The maximum atomic E-state index is 12.5. The highest BCUT2D eigenvalue weighted by atomic mass is 32.2. The first-order chi connectivity index (χ1) is 12.2. The van der Waals surface area contributed by atoms with Crippen LogP contribution >= 0.6 is 11.8 Å². The van der Waals surface area contributed by atoms with Gasteiger partial charge in [-0.25, -0.2) is 15.0 Å². The van der Waals surface area contributed by atoms with Crippen LogP contribution in [0.25, 0.3) is 11.2 Å². The molecule has 4 N–H and O–H groups in total. The van der Waals surface area contributed by atoms with Crippen LogP contribution in [0.15, 0.2) is 23.8 Å². The molecule has 0 aliphatic carbocycles. The summed E-state index contributed by atoms with van der Waals surface area (Å²) in [4.78, 5) is 30.7. The van der Waals surface area contributed by atoms with Crippen molar-refractivity contribution in [3.63, 3.8) is 0 Å². The number of amides is 1. The van der Waals surface area contributed by atoms with E-state index in [-0.39, 0.29) is 18.1 Å². The Morgan fingerprint density at radius 2 is 2.36 bits per heavy atom. The first-order valence-corrected chi connectivity index (χ1v) is 9.14. The number of carbonyl (C=O) groups is 1. The maximum absolute atomic E-state index is 12.5. The van der Waals surface area contributed by atoms with Gasteiger partial charge in [-0.05, 0) is 6.42 Å². The van der Waals surface area contributed by atoms with Crippen LogP contribution in [0.5, 0.6) is 0 Å². The van der Waals surface area contributed by atoms with Gasteiger partial charge in [-0.1, -0.05) is 0 Å². The third kappa shape index (κ3) is 3.46. The van der Waals surface area contributed by atoms with Crippen molar-refractivity contribution < 1.29 is 9.90 Å². The zero-order valence-electron chi connectivity index (χ0n) is 13.5. The number of nitrogens with one attached hydrogen (secondary N) is 3. The molecule has 2 aromatic rings. The molecule has 4 heterocycles. The van der Waals surface area contributed by atoms with Crippen LogP contribution in [0.4, 0.5) is 5.82 Å². The molecule has 0 radical (unpaired) electrons. The Kier molecular flexibility index (Phi) is 4.55. The van der Waals surface area contributed by atoms with E-state index in [0.717, 1.165) is 17.8 Å². The van der Waals surface area contributed by atoms with Crippen LogP contribution in [-0.4, -0.2) is 68.5 Å². The molecule has 2 atom stereocenters. The van der Waals surface area contributed by atoms with Gasteiger partial charge in [0.15, 0.2) is 11.5 Å². The van der Waals surface area contributed by atoms with Gasteiger partial charge in [0, 0.05) is 37.6 Å². The molecule has 0 aromatic carbocycles. The standard InChI is InChI=1S/C15H19N7O2S/c23-10-3-9(16-5-10)4-17-15(24)11-6-22(1-2-25-11)14-12-13(19-7-18-12)20-8-21-14/h6-10,16,23H,1-5H2,(H,17,24)(H,18,19,20,21)/t9-,10-/m0/s1. The highest BCUT2D eigenvalue weighted by Crippen LogP contribution is 2.27. The van der Waals surface area contributed by atoms with Gasteiger partial charge in [0.2, 0.25) is 0 Å². The SMILES string of the molecule is O=C(NC[C@@H]1C[C@H](O)CN1)C1=CN(c2ncnc3nc[nH]c23)CCS1. The molecule has 2 aromatic heterocycles. The molecule has 0 unspecified atom stereocenters. The number of nitrogens with zero attached hydrogens (tertiary/aromatic N) is 4. The number of anilines is 1. The van der Waals surface area contributed by atoms with E-state index in [2.05, 4.69) is 30.6 Å². The average molecular weight is 361 g/mol. The molecule has 0 spiro atoms. The molecule has 25 heavy (non-hydrogen) atoms. The Hall–Kier alpha value is -2.17. The molecule has 4 rings (SSSR count). The molecular formula is C15H19N7O2S. The molecule has 132 valence electrons. The van der Waals surface area contributed by atoms with E-state index in [4.69, 9.17) is 0 Å². The van der Waals surface area contributed by atoms with Crippen molar-refractivity contribution in [2.75, 3.05) is 30.3 Å². The minimum atomic E-state index is -0.324. The molecule has 2 aliphatic rings. The number of hydrogen-bond donors (Lipinski definition) is 4. The second-order valence-corrected chi connectivity index (χ2v) is 7.18. The number of carbonyl (C=O) groups excluding carboxylic acids is 1. The summed E-state index contributed by atoms with van der Waals surface area (Å²) in [6.45, 7) is 1.84. The number of β-amino-alcohol motifs (C(OH)–C–C–N with tert-alkyl or cyclic N) is 1. The molecule has 0 saturated carbocycles. The third-order valence-electron chi connectivity index (χ3n) is 4.27. The number of aromatic amines is 1. The number of aliphatic hydroxyl groups is 1. The van der Waals surface area contributed by atoms with Crippen molar-refractivity contribution in [2.45, 2.75) is 18.6 Å². The van der Waals surface area contributed by atoms with E-state index in [1.54, 1.807) is 6.33 Å². The highest BCUT2D eigenvalue weighted by Gasteiger charge is 2.24. The van der Waals surface area contributed by atoms with E-state index < -0.39 is 0 Å². The van der Waals surface area contributed by atoms with Gasteiger partial charge in [0.1, 0.15) is 11.8 Å². The highest BCUT2D eigenvalue weighted by molar-refractivity contribution is 8.04. The van der Waals surface area contributed by atoms with Gasteiger partial charge in [0.05, 0.1) is 17.3 Å². The van der Waals surface area contributed by atoms with Gasteiger partial charge < -0.3 is 25.6 Å². The van der Waals surface area contributed by atoms with Gasteiger partial charge in [-0.3, -0.25) is 4.79 Å². The first-order valence-electron chi connectivity index (χ1n) is 8.15. The summed E-state index contributed by atoms with van der Waals surface area (Å²) < 4.78 is 0. The Morgan fingerprint density at radius 3 is 3.20 bits per heavy atom. The normalized spacial score (nSPS) is 23.7. The Bertz CT molecular complexity index is 808. The lowest BCUT2D eigenvalue weighted by Crippen LogP contribution is -2.38. The van der Waals surface area contributed by atoms with Gasteiger partial charge in [-0.15, -0.1) is 11.8 Å². The molecule has 1 amide bonds. The smallest absolute Gasteiger partial charge is 0.259 e. The number of aromatic nitrogens is 4. The second kappa shape index (κ2) is 6.98. The van der Waals surface area contributed by atoms with Crippen molar-refractivity contribution in [1.82, 2.24) is 30.6 Å². The third-order valence-corrected chi connectivity index (χ3v) is 5.26. The molecule has 10 heteroatoms. The first kappa shape index (κ1) is 16.3. The number of thioether (sulfide) groups is 1. The zero-order valence-corrected chi connectivity index (χ0v) is 14.3. The zero-order chi connectivity index (χ0) is 17.2. The van der Waals surface area contributed by atoms with E-state index in [1.807, 2.05) is 11.1 Å². The lowest BCUT2D eigenvalue weighted by molar-refractivity contribution is -0.116. The predicted molar refractivity (Wildman–Crippen MR) is 95.0 cm³/mol. The Morgan fingerprint density at radius 1 is 1.44 bits per heavy atom. The van der Waals surface area contributed by atoms with Crippen LogP contribution in [0.3, 0.4) is 0 Å². The van der Waals surface area contributed by atoms with Crippen LogP contribution in [-0.2, 0) is 4.79 Å². The lowest BCUT2D eigenvalue weighted by Gasteiger charge is -2.25. The van der Waals surface area contributed by atoms with E-state index in [0.29, 0.717) is 35.9 Å². The van der Waals surface area contributed by atoms with Crippen molar-refractivity contribution >= 4 is 34.7 Å². The molecule has 2 aliphatic heterocycles. The molecular weight excluding hydrogens is 342 g/mol. The quantitative estimate of drug-likeness (QED) is 0.580. The summed E-state index contributed by atoms with van der Waals surface area (Å²) in [5, 5.41) is 15.7. The van der Waals surface area contributed by atoms with Crippen LogP contribution in [0.2, 0.25) is 0 Å². The minimum Gasteiger partial charge on any atom is -0.392 e. The number of rotatable bonds is 4. The summed E-state index contributed by atoms with van der Waals surface area (Å²) in [7, 11) is 0. The van der Waals surface area contributed by atoms with E-state index >= 15 is 0 Å². The predicted octanol–water partition coefficient (Wildman–Crippen LogP) is -0.413. The van der Waals surface area contributed by atoms with E-state index in [9.17, 15) is 9.90 Å². The Balaban J connectivity index is 1.46. The van der Waals surface area contributed by atoms with Crippen molar-refractivity contribution in [1.29, 1.82) is 0 Å². The number of hydrogen-bond acceptors (Lipinski definition) is 8. The van der Waals surface area contributed by atoms with Crippen molar-refractivity contribution in [2.24, 2.45) is 0 Å². The number of fused-ring (bicyclic) bond motifs is 1. The summed E-state index contributed by atoms with van der Waals surface area (Å²) in [6, 6.07) is 0.121. The summed E-state index contributed by atoms with van der Waals surface area (Å²) >= 11 is 1.53. The number of imidazole rings is 1. The summed E-state index contributed by atoms with van der Waals surface area (Å²) in [5.41, 5.74) is 1.36. The molecule has 9 nitrogen and oxygen atoms in total. The monoisotopic (exact) mass is 361 g/mol.